The molecule has 1 N–H and O–H groups in total. The Morgan fingerprint density at radius 1 is 1.23 bits per heavy atom. The Hall–Kier alpha value is -2.63. The maximum Gasteiger partial charge on any atom is 0.256 e. The van der Waals surface area contributed by atoms with Crippen molar-refractivity contribution >= 4 is 42.7 Å². The highest BCUT2D eigenvalue weighted by Crippen LogP contribution is 2.28. The average Bonchev–Trinajstić information content (AvgIpc) is 3.18. The lowest BCUT2D eigenvalue weighted by Crippen LogP contribution is -2.49. The summed E-state index contributed by atoms with van der Waals surface area (Å²) in [6, 6.07) is 7.01. The number of carbonyl (C=O) groups excluding carboxylic acids is 1. The Balaban J connectivity index is 1.49. The van der Waals surface area contributed by atoms with Crippen molar-refractivity contribution in [1.82, 2.24) is 19.6 Å². The maximum absolute atomic E-state index is 14.3. The molecule has 0 spiro atoms. The van der Waals surface area contributed by atoms with Gasteiger partial charge in [0.05, 0.1) is 10.5 Å². The lowest BCUT2D eigenvalue weighted by atomic mass is 10.1. The van der Waals surface area contributed by atoms with E-state index in [1.54, 1.807) is 13.1 Å². The second-order valence-corrected chi connectivity index (χ2v) is 9.47. The van der Waals surface area contributed by atoms with Gasteiger partial charge in [0.25, 0.3) is 5.91 Å². The van der Waals surface area contributed by atoms with Crippen LogP contribution in [0.4, 0.5) is 9.52 Å². The zero-order chi connectivity index (χ0) is 21.3. The minimum absolute atomic E-state index is 0.130. The van der Waals surface area contributed by atoms with Crippen molar-refractivity contribution in [3.63, 3.8) is 0 Å². The van der Waals surface area contributed by atoms with Crippen LogP contribution in [0.3, 0.4) is 0 Å². The predicted molar refractivity (Wildman–Crippen MR) is 113 cm³/mol. The van der Waals surface area contributed by atoms with Gasteiger partial charge in [0.1, 0.15) is 16.2 Å². The molecule has 158 valence electrons. The Labute approximate surface area is 177 Å². The number of fused-ring (bicyclic) bond motifs is 1. The van der Waals surface area contributed by atoms with Crippen LogP contribution >= 0.6 is 11.3 Å². The van der Waals surface area contributed by atoms with E-state index in [-0.39, 0.29) is 17.0 Å². The van der Waals surface area contributed by atoms with Crippen LogP contribution in [0.5, 0.6) is 0 Å². The molecular weight excluding hydrogens is 429 g/mol. The summed E-state index contributed by atoms with van der Waals surface area (Å²) in [5.74, 6) is -1.26. The molecule has 11 heteroatoms. The van der Waals surface area contributed by atoms with Crippen LogP contribution in [0.2, 0.25) is 0 Å². The molecule has 8 nitrogen and oxygen atoms in total. The van der Waals surface area contributed by atoms with Crippen LogP contribution in [0, 0.1) is 5.82 Å². The number of amides is 1. The summed E-state index contributed by atoms with van der Waals surface area (Å²) in [4.78, 5) is 26.1. The van der Waals surface area contributed by atoms with Crippen LogP contribution in [-0.2, 0) is 10.0 Å². The summed E-state index contributed by atoms with van der Waals surface area (Å²) in [5.41, 5.74) is 0.586. The summed E-state index contributed by atoms with van der Waals surface area (Å²) >= 11 is 1.49. The molecule has 1 aromatic carbocycles. The van der Waals surface area contributed by atoms with E-state index >= 15 is 0 Å². The first kappa shape index (κ1) is 20.6. The number of halogens is 1. The van der Waals surface area contributed by atoms with E-state index in [0.717, 1.165) is 33.7 Å². The number of benzene rings is 1. The third-order valence-corrected chi connectivity index (χ3v) is 7.39. The molecule has 0 atom stereocenters. The molecule has 3 heterocycles. The van der Waals surface area contributed by atoms with Gasteiger partial charge in [0, 0.05) is 38.9 Å². The highest BCUT2D eigenvalue weighted by Gasteiger charge is 2.27. The molecule has 3 aromatic rings. The van der Waals surface area contributed by atoms with Gasteiger partial charge in [-0.15, -0.1) is 0 Å². The monoisotopic (exact) mass is 449 g/mol. The minimum Gasteiger partial charge on any atom is -0.344 e. The molecule has 4 rings (SSSR count). The standard InChI is InChI=1S/C19H20FN5O3S2/c1-2-22-30(27,28)13-5-6-15(20)14(12-13)18(26)24-8-10-25(11-9-24)19-23-16-4-3-7-21-17(16)29-19/h3-7,12,22H,2,8-11H2,1H3. The summed E-state index contributed by atoms with van der Waals surface area (Å²) < 4.78 is 41.1. The number of nitrogens with zero attached hydrogens (tertiary/aromatic N) is 4. The number of carbonyl (C=O) groups is 1. The van der Waals surface area contributed by atoms with E-state index in [9.17, 15) is 17.6 Å². The number of hydrogen-bond donors (Lipinski definition) is 1. The zero-order valence-corrected chi connectivity index (χ0v) is 17.8. The molecule has 1 aliphatic rings. The van der Waals surface area contributed by atoms with Crippen molar-refractivity contribution in [2.45, 2.75) is 11.8 Å². The smallest absolute Gasteiger partial charge is 0.256 e. The van der Waals surface area contributed by atoms with Crippen molar-refractivity contribution in [3.8, 4) is 0 Å². The van der Waals surface area contributed by atoms with Crippen molar-refractivity contribution < 1.29 is 17.6 Å². The first-order valence-corrected chi connectivity index (χ1v) is 11.7. The van der Waals surface area contributed by atoms with Crippen molar-refractivity contribution in [1.29, 1.82) is 0 Å². The van der Waals surface area contributed by atoms with Crippen LogP contribution in [0.1, 0.15) is 17.3 Å². The second-order valence-electron chi connectivity index (χ2n) is 6.75. The number of anilines is 1. The molecule has 1 amide bonds. The highest BCUT2D eigenvalue weighted by atomic mass is 32.2. The number of nitrogens with one attached hydrogen (secondary N) is 1. The summed E-state index contributed by atoms with van der Waals surface area (Å²) in [7, 11) is -3.78. The molecule has 30 heavy (non-hydrogen) atoms. The molecule has 1 saturated heterocycles. The third kappa shape index (κ3) is 4.00. The quantitative estimate of drug-likeness (QED) is 0.641. The maximum atomic E-state index is 14.3. The van der Waals surface area contributed by atoms with Crippen molar-refractivity contribution in [2.24, 2.45) is 0 Å². The van der Waals surface area contributed by atoms with Crippen LogP contribution in [0.15, 0.2) is 41.4 Å². The lowest BCUT2D eigenvalue weighted by Gasteiger charge is -2.34. The van der Waals surface area contributed by atoms with E-state index in [4.69, 9.17) is 0 Å². The topological polar surface area (TPSA) is 95.5 Å². The third-order valence-electron chi connectivity index (χ3n) is 4.81. The fraction of sp³-hybridized carbons (Fsp3) is 0.316. The number of pyridine rings is 1. The molecule has 0 saturated carbocycles. The Morgan fingerprint density at radius 2 is 2.00 bits per heavy atom. The predicted octanol–water partition coefficient (Wildman–Crippen LogP) is 2.09. The van der Waals surface area contributed by atoms with Gasteiger partial charge in [-0.2, -0.15) is 0 Å². The van der Waals surface area contributed by atoms with E-state index < -0.39 is 21.7 Å². The van der Waals surface area contributed by atoms with Crippen LogP contribution in [-0.4, -0.2) is 61.9 Å². The van der Waals surface area contributed by atoms with Gasteiger partial charge in [0.2, 0.25) is 10.0 Å². The normalized spacial score (nSPS) is 15.0. The zero-order valence-electron chi connectivity index (χ0n) is 16.2. The fourth-order valence-corrected chi connectivity index (χ4v) is 5.30. The molecule has 1 aliphatic heterocycles. The first-order valence-electron chi connectivity index (χ1n) is 9.44. The molecule has 0 aliphatic carbocycles. The van der Waals surface area contributed by atoms with Crippen molar-refractivity contribution in [3.05, 3.63) is 47.9 Å². The number of sulfonamides is 1. The van der Waals surface area contributed by atoms with Gasteiger partial charge >= 0.3 is 0 Å². The second kappa shape index (κ2) is 8.25. The SMILES string of the molecule is CCNS(=O)(=O)c1ccc(F)c(C(=O)N2CCN(c3nc4cccnc4s3)CC2)c1. The van der Waals surface area contributed by atoms with Gasteiger partial charge in [-0.05, 0) is 30.3 Å². The van der Waals surface area contributed by atoms with Crippen LogP contribution in [0.25, 0.3) is 10.3 Å². The number of hydrogen-bond acceptors (Lipinski definition) is 7. The van der Waals surface area contributed by atoms with E-state index in [1.165, 1.54) is 16.2 Å². The Bertz CT molecular complexity index is 1160. The Kier molecular flexibility index (Phi) is 5.67. The number of thiazole rings is 1. The van der Waals surface area contributed by atoms with Gasteiger partial charge in [-0.25, -0.2) is 27.5 Å². The summed E-state index contributed by atoms with van der Waals surface area (Å²) in [6.45, 7) is 3.70. The van der Waals surface area contributed by atoms with Gasteiger partial charge in [0.15, 0.2) is 5.13 Å². The number of rotatable bonds is 5. The average molecular weight is 450 g/mol. The van der Waals surface area contributed by atoms with Gasteiger partial charge in [-0.1, -0.05) is 18.3 Å². The fourth-order valence-electron chi connectivity index (χ4n) is 3.27. The number of aromatic nitrogens is 2. The summed E-state index contributed by atoms with van der Waals surface area (Å²) in [5, 5.41) is 0.834. The highest BCUT2D eigenvalue weighted by molar-refractivity contribution is 7.89. The number of piperazine rings is 1. The summed E-state index contributed by atoms with van der Waals surface area (Å²) in [6.07, 6.45) is 1.72. The van der Waals surface area contributed by atoms with Crippen LogP contribution < -0.4 is 9.62 Å². The molecule has 0 radical (unpaired) electrons. The van der Waals surface area contributed by atoms with Crippen molar-refractivity contribution in [2.75, 3.05) is 37.6 Å². The molecule has 2 aromatic heterocycles. The molecule has 0 unspecified atom stereocenters. The van der Waals surface area contributed by atoms with Gasteiger partial charge < -0.3 is 9.80 Å². The molecule has 0 bridgehead atoms. The van der Waals surface area contributed by atoms with E-state index in [2.05, 4.69) is 19.6 Å². The molecule has 1 fully saturated rings. The largest absolute Gasteiger partial charge is 0.344 e. The van der Waals surface area contributed by atoms with E-state index in [0.29, 0.717) is 26.2 Å². The Morgan fingerprint density at radius 3 is 2.70 bits per heavy atom. The van der Waals surface area contributed by atoms with E-state index in [1.807, 2.05) is 12.1 Å². The molecular formula is C19H20FN5O3S2. The van der Waals surface area contributed by atoms with Gasteiger partial charge in [-0.3, -0.25) is 4.79 Å². The minimum atomic E-state index is -3.78. The lowest BCUT2D eigenvalue weighted by molar-refractivity contribution is 0.0741. The first-order chi connectivity index (χ1) is 14.4.